The topological polar surface area (TPSA) is 90.8 Å². The van der Waals surface area contributed by atoms with Gasteiger partial charge in [-0.25, -0.2) is 4.98 Å². The largest absolute Gasteiger partial charge is 0.488 e. The van der Waals surface area contributed by atoms with Gasteiger partial charge in [0.1, 0.15) is 23.8 Å². The molecule has 3 heterocycles. The maximum absolute atomic E-state index is 11.6. The molecule has 1 aromatic carbocycles. The first-order chi connectivity index (χ1) is 13.9. The number of carbonyl (C=O) groups excluding carboxylic acids is 1. The number of ether oxygens (including phenoxy) is 1. The van der Waals surface area contributed by atoms with E-state index in [4.69, 9.17) is 4.74 Å². The van der Waals surface area contributed by atoms with E-state index in [1.54, 1.807) is 0 Å². The van der Waals surface area contributed by atoms with E-state index in [1.807, 2.05) is 55.2 Å². The molecule has 8 nitrogen and oxygen atoms in total. The number of nitrogens with one attached hydrogen (secondary N) is 1. The number of rotatable bonds is 4. The summed E-state index contributed by atoms with van der Waals surface area (Å²) in [6.45, 7) is 3.08. The average Bonchev–Trinajstić information content (AvgIpc) is 2.69. The molecule has 0 radical (unpaired) electrons. The lowest BCUT2D eigenvalue weighted by Crippen LogP contribution is -2.49. The molecule has 29 heavy (non-hydrogen) atoms. The van der Waals surface area contributed by atoms with Crippen molar-refractivity contribution in [2.75, 3.05) is 42.3 Å². The van der Waals surface area contributed by atoms with Gasteiger partial charge in [0, 0.05) is 57.0 Å². The Morgan fingerprint density at radius 3 is 2.90 bits per heavy atom. The van der Waals surface area contributed by atoms with Gasteiger partial charge in [-0.3, -0.25) is 4.79 Å². The van der Waals surface area contributed by atoms with Crippen molar-refractivity contribution < 1.29 is 14.6 Å². The van der Waals surface area contributed by atoms with Gasteiger partial charge in [-0.2, -0.15) is 4.98 Å². The Labute approximate surface area is 170 Å². The number of hydrogen-bond acceptors (Lipinski definition) is 7. The number of aromatic nitrogens is 2. The van der Waals surface area contributed by atoms with Crippen LogP contribution in [0.25, 0.3) is 0 Å². The van der Waals surface area contributed by atoms with Gasteiger partial charge in [-0.1, -0.05) is 6.07 Å². The Bertz CT molecular complexity index is 917. The first kappa shape index (κ1) is 19.4. The number of aliphatic hydroxyl groups is 1. The molecule has 0 unspecified atom stereocenters. The lowest BCUT2D eigenvalue weighted by atomic mass is 10.0. The van der Waals surface area contributed by atoms with Crippen LogP contribution in [0.2, 0.25) is 0 Å². The predicted octanol–water partition coefficient (Wildman–Crippen LogP) is 1.75. The number of aryl methyl sites for hydroxylation is 2. The number of carbonyl (C=O) groups is 1. The van der Waals surface area contributed by atoms with Gasteiger partial charge in [-0.05, 0) is 25.0 Å². The fourth-order valence-corrected chi connectivity index (χ4v) is 3.86. The van der Waals surface area contributed by atoms with Gasteiger partial charge in [0.2, 0.25) is 11.9 Å². The fourth-order valence-electron chi connectivity index (χ4n) is 3.86. The molecule has 154 valence electrons. The second kappa shape index (κ2) is 7.87. The molecule has 0 saturated carbocycles. The number of aliphatic hydroxyl groups excluding tert-OH is 1. The number of amides is 1. The van der Waals surface area contributed by atoms with Crippen LogP contribution in [0.4, 0.5) is 17.5 Å². The summed E-state index contributed by atoms with van der Waals surface area (Å²) in [6, 6.07) is 5.73. The number of piperidine rings is 1. The second-order valence-electron chi connectivity index (χ2n) is 7.90. The van der Waals surface area contributed by atoms with Crippen LogP contribution in [0, 0.1) is 6.92 Å². The molecule has 2 atom stereocenters. The zero-order valence-corrected chi connectivity index (χ0v) is 17.1. The zero-order valence-electron chi connectivity index (χ0n) is 17.1. The maximum Gasteiger partial charge on any atom is 0.227 e. The van der Waals surface area contributed by atoms with Crippen molar-refractivity contribution in [2.24, 2.45) is 0 Å². The molecule has 2 aromatic rings. The standard InChI is InChI=1S/C21H27N5O3/c1-13-11-22-21(24-20(13)25(2)3)26-9-8-18(17(27)12-26)29-15-6-4-14-5-7-19(28)23-16(14)10-15/h4,6,10-11,17-18,27H,5,7-9,12H2,1-3H3,(H,23,28)/t17-,18-/m1/s1. The molecule has 1 fully saturated rings. The Morgan fingerprint density at radius 2 is 2.14 bits per heavy atom. The highest BCUT2D eigenvalue weighted by Gasteiger charge is 2.31. The first-order valence-electron chi connectivity index (χ1n) is 9.94. The van der Waals surface area contributed by atoms with Gasteiger partial charge in [0.15, 0.2) is 0 Å². The highest BCUT2D eigenvalue weighted by molar-refractivity contribution is 5.94. The van der Waals surface area contributed by atoms with Gasteiger partial charge >= 0.3 is 0 Å². The van der Waals surface area contributed by atoms with Crippen molar-refractivity contribution in [2.45, 2.75) is 38.4 Å². The smallest absolute Gasteiger partial charge is 0.227 e. The first-order valence-corrected chi connectivity index (χ1v) is 9.94. The molecule has 2 aliphatic heterocycles. The van der Waals surface area contributed by atoms with E-state index in [0.29, 0.717) is 37.6 Å². The molecule has 0 bridgehead atoms. The monoisotopic (exact) mass is 397 g/mol. The normalized spacial score (nSPS) is 21.4. The van der Waals surface area contributed by atoms with E-state index < -0.39 is 6.10 Å². The third kappa shape index (κ3) is 4.12. The van der Waals surface area contributed by atoms with Crippen LogP contribution in [-0.4, -0.2) is 60.4 Å². The lowest BCUT2D eigenvalue weighted by molar-refractivity contribution is -0.116. The Kier molecular flexibility index (Phi) is 5.27. The Balaban J connectivity index is 1.43. The van der Waals surface area contributed by atoms with E-state index in [1.165, 1.54) is 0 Å². The van der Waals surface area contributed by atoms with E-state index >= 15 is 0 Å². The molecular weight excluding hydrogens is 370 g/mol. The number of benzene rings is 1. The van der Waals surface area contributed by atoms with E-state index in [9.17, 15) is 9.90 Å². The molecule has 1 aromatic heterocycles. The fraction of sp³-hybridized carbons (Fsp3) is 0.476. The molecule has 0 spiro atoms. The highest BCUT2D eigenvalue weighted by Crippen LogP contribution is 2.29. The zero-order chi connectivity index (χ0) is 20.5. The third-order valence-corrected chi connectivity index (χ3v) is 5.42. The summed E-state index contributed by atoms with van der Waals surface area (Å²) >= 11 is 0. The molecule has 4 rings (SSSR count). The number of hydrogen-bond donors (Lipinski definition) is 2. The quantitative estimate of drug-likeness (QED) is 0.812. The Hall–Kier alpha value is -2.87. The van der Waals surface area contributed by atoms with Crippen molar-refractivity contribution in [1.29, 1.82) is 0 Å². The minimum atomic E-state index is -0.665. The highest BCUT2D eigenvalue weighted by atomic mass is 16.5. The summed E-state index contributed by atoms with van der Waals surface area (Å²) in [5, 5.41) is 13.6. The van der Waals surface area contributed by atoms with E-state index in [2.05, 4.69) is 15.3 Å². The van der Waals surface area contributed by atoms with Gasteiger partial charge in [-0.15, -0.1) is 0 Å². The van der Waals surface area contributed by atoms with Gasteiger partial charge in [0.05, 0.1) is 6.54 Å². The van der Waals surface area contributed by atoms with Crippen molar-refractivity contribution in [1.82, 2.24) is 9.97 Å². The van der Waals surface area contributed by atoms with Crippen molar-refractivity contribution >= 4 is 23.4 Å². The summed E-state index contributed by atoms with van der Waals surface area (Å²) in [4.78, 5) is 24.7. The van der Waals surface area contributed by atoms with Crippen LogP contribution in [0.3, 0.4) is 0 Å². The SMILES string of the molecule is Cc1cnc(N2CC[C@@H](Oc3ccc4c(c3)NC(=O)CC4)[C@H](O)C2)nc1N(C)C. The molecule has 0 aliphatic carbocycles. The molecule has 2 N–H and O–H groups in total. The van der Waals surface area contributed by atoms with Crippen LogP contribution < -0.4 is 19.9 Å². The minimum absolute atomic E-state index is 0.0261. The molecule has 1 saturated heterocycles. The van der Waals surface area contributed by atoms with Gasteiger partial charge < -0.3 is 25.0 Å². The van der Waals surface area contributed by atoms with Crippen LogP contribution in [0.5, 0.6) is 5.75 Å². The lowest BCUT2D eigenvalue weighted by Gasteiger charge is -2.36. The maximum atomic E-state index is 11.6. The van der Waals surface area contributed by atoms with Crippen molar-refractivity contribution in [3.63, 3.8) is 0 Å². The molecule has 2 aliphatic rings. The number of nitrogens with zero attached hydrogens (tertiary/aromatic N) is 4. The van der Waals surface area contributed by atoms with E-state index in [-0.39, 0.29) is 12.0 Å². The van der Waals surface area contributed by atoms with Crippen molar-refractivity contribution in [3.8, 4) is 5.75 Å². The van der Waals surface area contributed by atoms with Crippen molar-refractivity contribution in [3.05, 3.63) is 35.5 Å². The van der Waals surface area contributed by atoms with Crippen LogP contribution in [0.15, 0.2) is 24.4 Å². The van der Waals surface area contributed by atoms with Crippen LogP contribution in [0.1, 0.15) is 24.0 Å². The molecule has 1 amide bonds. The Morgan fingerprint density at radius 1 is 1.31 bits per heavy atom. The number of anilines is 3. The van der Waals surface area contributed by atoms with Crippen LogP contribution in [-0.2, 0) is 11.2 Å². The summed E-state index contributed by atoms with van der Waals surface area (Å²) in [5.41, 5.74) is 2.92. The summed E-state index contributed by atoms with van der Waals surface area (Å²) in [6.07, 6.45) is 2.74. The average molecular weight is 397 g/mol. The predicted molar refractivity (Wildman–Crippen MR) is 112 cm³/mol. The summed E-state index contributed by atoms with van der Waals surface area (Å²) in [7, 11) is 3.91. The summed E-state index contributed by atoms with van der Waals surface area (Å²) in [5.74, 6) is 2.18. The summed E-state index contributed by atoms with van der Waals surface area (Å²) < 4.78 is 6.06. The van der Waals surface area contributed by atoms with E-state index in [0.717, 1.165) is 29.1 Å². The molecular formula is C21H27N5O3. The minimum Gasteiger partial charge on any atom is -0.488 e. The number of fused-ring (bicyclic) bond motifs is 1. The second-order valence-corrected chi connectivity index (χ2v) is 7.90. The van der Waals surface area contributed by atoms with Gasteiger partial charge in [0.25, 0.3) is 0 Å². The molecule has 8 heteroatoms. The van der Waals surface area contributed by atoms with Crippen LogP contribution >= 0.6 is 0 Å². The number of β-amino-alcohol motifs (C(OH)–C–C–N with tert-alkyl or cyclic N) is 1. The third-order valence-electron chi connectivity index (χ3n) is 5.42.